The summed E-state index contributed by atoms with van der Waals surface area (Å²) in [5.74, 6) is 1.46. The average molecular weight is 438 g/mol. The molecule has 5 rings (SSSR count). The molecule has 1 fully saturated rings. The molecule has 0 spiro atoms. The molecule has 7 heteroatoms. The van der Waals surface area contributed by atoms with Crippen molar-refractivity contribution in [3.63, 3.8) is 0 Å². The van der Waals surface area contributed by atoms with Gasteiger partial charge in [0.25, 0.3) is 5.91 Å². The number of thiazole rings is 1. The summed E-state index contributed by atoms with van der Waals surface area (Å²) in [6.07, 6.45) is 0.851. The average Bonchev–Trinajstić information content (AvgIpc) is 3.30. The number of benzene rings is 2. The van der Waals surface area contributed by atoms with E-state index < -0.39 is 0 Å². The molecule has 6 nitrogen and oxygen atoms in total. The molecule has 2 aliphatic rings. The number of fused-ring (bicyclic) bond motifs is 2. The Morgan fingerprint density at radius 2 is 1.94 bits per heavy atom. The zero-order chi connectivity index (χ0) is 21.4. The molecule has 0 aliphatic carbocycles. The van der Waals surface area contributed by atoms with E-state index in [0.717, 1.165) is 47.9 Å². The number of para-hydroxylation sites is 2. The van der Waals surface area contributed by atoms with Crippen LogP contribution in [-0.2, 0) is 17.8 Å². The second-order valence-corrected chi connectivity index (χ2v) is 9.92. The number of carbonyl (C=O) groups is 1. The maximum atomic E-state index is 12.7. The van der Waals surface area contributed by atoms with Crippen molar-refractivity contribution < 1.29 is 14.3 Å². The summed E-state index contributed by atoms with van der Waals surface area (Å²) >= 11 is 1.75. The lowest BCUT2D eigenvalue weighted by Gasteiger charge is -2.34. The van der Waals surface area contributed by atoms with Gasteiger partial charge >= 0.3 is 0 Å². The van der Waals surface area contributed by atoms with Gasteiger partial charge in [0.1, 0.15) is 10.6 Å². The number of nitrogens with zero attached hydrogens (tertiary/aromatic N) is 3. The summed E-state index contributed by atoms with van der Waals surface area (Å²) in [7, 11) is 0. The molecule has 0 unspecified atom stereocenters. The van der Waals surface area contributed by atoms with Gasteiger partial charge in [-0.1, -0.05) is 24.3 Å². The predicted octanol–water partition coefficient (Wildman–Crippen LogP) is 3.73. The third-order valence-corrected chi connectivity index (χ3v) is 6.85. The van der Waals surface area contributed by atoms with Gasteiger partial charge in [0.2, 0.25) is 0 Å². The number of hydrogen-bond acceptors (Lipinski definition) is 6. The van der Waals surface area contributed by atoms with Crippen LogP contribution in [0.25, 0.3) is 10.2 Å². The van der Waals surface area contributed by atoms with Crippen molar-refractivity contribution in [3.8, 4) is 11.5 Å². The quantitative estimate of drug-likeness (QED) is 0.609. The van der Waals surface area contributed by atoms with Gasteiger partial charge in [-0.2, -0.15) is 0 Å². The molecule has 0 radical (unpaired) electrons. The van der Waals surface area contributed by atoms with Crippen LogP contribution < -0.4 is 9.47 Å². The van der Waals surface area contributed by atoms with Gasteiger partial charge in [-0.15, -0.1) is 11.3 Å². The van der Waals surface area contributed by atoms with Crippen molar-refractivity contribution in [1.82, 2.24) is 14.8 Å². The number of hydrogen-bond donors (Lipinski definition) is 0. The number of aromatic nitrogens is 1. The summed E-state index contributed by atoms with van der Waals surface area (Å²) in [4.78, 5) is 21.7. The molecule has 1 aromatic heterocycles. The van der Waals surface area contributed by atoms with Crippen molar-refractivity contribution in [2.24, 2.45) is 0 Å². The second-order valence-electron chi connectivity index (χ2n) is 8.80. The molecule has 2 aliphatic heterocycles. The van der Waals surface area contributed by atoms with E-state index in [1.165, 1.54) is 4.70 Å². The first-order valence-electron chi connectivity index (χ1n) is 10.8. The van der Waals surface area contributed by atoms with Gasteiger partial charge in [-0.05, 0) is 32.0 Å². The van der Waals surface area contributed by atoms with Crippen molar-refractivity contribution in [2.75, 3.05) is 32.8 Å². The Balaban J connectivity index is 1.13. The molecule has 3 aromatic rings. The molecule has 1 saturated heterocycles. The van der Waals surface area contributed by atoms with Gasteiger partial charge in [-0.25, -0.2) is 4.98 Å². The fourth-order valence-electron chi connectivity index (χ4n) is 4.27. The lowest BCUT2D eigenvalue weighted by atomic mass is 10.0. The zero-order valence-corrected chi connectivity index (χ0v) is 18.8. The number of piperazine rings is 1. The zero-order valence-electron chi connectivity index (χ0n) is 18.0. The monoisotopic (exact) mass is 437 g/mol. The Morgan fingerprint density at radius 3 is 2.74 bits per heavy atom. The Morgan fingerprint density at radius 1 is 1.13 bits per heavy atom. The standard InChI is InChI=1S/C24H27N3O3S/c1-24(2)14-17-6-5-8-19(23(17)30-24)29-16-22(28)27-12-10-26(11-13-27)15-21-25-18-7-3-4-9-20(18)31-21/h3-9H,10-16H2,1-2H3. The minimum absolute atomic E-state index is 0.0227. The van der Waals surface area contributed by atoms with E-state index in [0.29, 0.717) is 18.8 Å². The van der Waals surface area contributed by atoms with Crippen molar-refractivity contribution in [1.29, 1.82) is 0 Å². The van der Waals surface area contributed by atoms with Gasteiger partial charge in [0, 0.05) is 38.2 Å². The maximum absolute atomic E-state index is 12.7. The minimum Gasteiger partial charge on any atom is -0.483 e. The highest BCUT2D eigenvalue weighted by Gasteiger charge is 2.32. The summed E-state index contributed by atoms with van der Waals surface area (Å²) in [6, 6.07) is 14.1. The molecule has 2 aromatic carbocycles. The molecular formula is C24H27N3O3S. The molecule has 0 saturated carbocycles. The van der Waals surface area contributed by atoms with E-state index >= 15 is 0 Å². The summed E-state index contributed by atoms with van der Waals surface area (Å²) in [5.41, 5.74) is 1.97. The van der Waals surface area contributed by atoms with Crippen LogP contribution in [0, 0.1) is 0 Å². The van der Waals surface area contributed by atoms with Crippen LogP contribution in [0.5, 0.6) is 11.5 Å². The first-order valence-corrected chi connectivity index (χ1v) is 11.6. The van der Waals surface area contributed by atoms with Crippen LogP contribution in [-0.4, -0.2) is 59.1 Å². The van der Waals surface area contributed by atoms with Crippen LogP contribution in [0.4, 0.5) is 0 Å². The minimum atomic E-state index is -0.231. The highest BCUT2D eigenvalue weighted by atomic mass is 32.1. The number of rotatable bonds is 5. The van der Waals surface area contributed by atoms with Gasteiger partial charge in [-0.3, -0.25) is 9.69 Å². The maximum Gasteiger partial charge on any atom is 0.260 e. The van der Waals surface area contributed by atoms with E-state index in [4.69, 9.17) is 14.5 Å². The number of carbonyl (C=O) groups excluding carboxylic acids is 1. The molecule has 31 heavy (non-hydrogen) atoms. The summed E-state index contributed by atoms with van der Waals surface area (Å²) < 4.78 is 13.1. The first-order chi connectivity index (χ1) is 15.0. The van der Waals surface area contributed by atoms with Gasteiger partial charge in [0.05, 0.1) is 16.8 Å². The van der Waals surface area contributed by atoms with Crippen LogP contribution in [0.3, 0.4) is 0 Å². The Labute approximate surface area is 186 Å². The third-order valence-electron chi connectivity index (χ3n) is 5.83. The molecule has 162 valence electrons. The Bertz CT molecular complexity index is 1070. The van der Waals surface area contributed by atoms with Crippen LogP contribution >= 0.6 is 11.3 Å². The SMILES string of the molecule is CC1(C)Cc2cccc(OCC(=O)N3CCN(Cc4nc5ccccc5s4)CC3)c2O1. The first kappa shape index (κ1) is 20.3. The Kier molecular flexibility index (Phi) is 5.32. The van der Waals surface area contributed by atoms with E-state index in [-0.39, 0.29) is 18.1 Å². The van der Waals surface area contributed by atoms with Crippen LogP contribution in [0.1, 0.15) is 24.4 Å². The highest BCUT2D eigenvalue weighted by Crippen LogP contribution is 2.41. The lowest BCUT2D eigenvalue weighted by molar-refractivity contribution is -0.135. The topological polar surface area (TPSA) is 54.9 Å². The van der Waals surface area contributed by atoms with Crippen LogP contribution in [0.15, 0.2) is 42.5 Å². The van der Waals surface area contributed by atoms with Crippen molar-refractivity contribution in [3.05, 3.63) is 53.0 Å². The van der Waals surface area contributed by atoms with Crippen molar-refractivity contribution >= 4 is 27.5 Å². The lowest BCUT2D eigenvalue weighted by Crippen LogP contribution is -2.49. The number of ether oxygens (including phenoxy) is 2. The largest absolute Gasteiger partial charge is 0.483 e. The van der Waals surface area contributed by atoms with Gasteiger partial charge < -0.3 is 14.4 Å². The fraction of sp³-hybridized carbons (Fsp3) is 0.417. The van der Waals surface area contributed by atoms with E-state index in [1.54, 1.807) is 11.3 Å². The summed E-state index contributed by atoms with van der Waals surface area (Å²) in [5, 5.41) is 1.13. The molecule has 3 heterocycles. The van der Waals surface area contributed by atoms with E-state index in [2.05, 4.69) is 36.9 Å². The number of amides is 1. The molecule has 0 bridgehead atoms. The molecular weight excluding hydrogens is 410 g/mol. The normalized spacial score (nSPS) is 18.1. The second kappa shape index (κ2) is 8.13. The van der Waals surface area contributed by atoms with Crippen molar-refractivity contribution in [2.45, 2.75) is 32.4 Å². The third kappa shape index (κ3) is 4.38. The predicted molar refractivity (Wildman–Crippen MR) is 122 cm³/mol. The highest BCUT2D eigenvalue weighted by molar-refractivity contribution is 7.18. The smallest absolute Gasteiger partial charge is 0.260 e. The molecule has 0 N–H and O–H groups in total. The van der Waals surface area contributed by atoms with Crippen LogP contribution in [0.2, 0.25) is 0 Å². The molecule has 1 amide bonds. The summed E-state index contributed by atoms with van der Waals surface area (Å²) in [6.45, 7) is 8.12. The fourth-order valence-corrected chi connectivity index (χ4v) is 5.28. The van der Waals surface area contributed by atoms with E-state index in [1.807, 2.05) is 29.2 Å². The Hall–Kier alpha value is -2.64. The van der Waals surface area contributed by atoms with Gasteiger partial charge in [0.15, 0.2) is 18.1 Å². The molecule has 0 atom stereocenters. The van der Waals surface area contributed by atoms with E-state index in [9.17, 15) is 4.79 Å².